The molecule has 0 bridgehead atoms. The Kier molecular flexibility index (Phi) is 2.84. The van der Waals surface area contributed by atoms with Gasteiger partial charge in [-0.2, -0.15) is 0 Å². The van der Waals surface area contributed by atoms with Crippen LogP contribution in [0.5, 0.6) is 11.5 Å². The lowest BCUT2D eigenvalue weighted by molar-refractivity contribution is 0.481. The fraction of sp³-hybridized carbons (Fsp3) is 0. The van der Waals surface area contributed by atoms with E-state index >= 15 is 0 Å². The standard InChI is InChI=1S/C12H8BrO/c13-10-6-8-12(9-7-10)14-11-4-2-1-3-5-11/h1-8H. The highest BCUT2D eigenvalue weighted by Crippen LogP contribution is 2.21. The summed E-state index contributed by atoms with van der Waals surface area (Å²) in [7, 11) is 0. The van der Waals surface area contributed by atoms with Crippen molar-refractivity contribution < 1.29 is 4.74 Å². The molecule has 0 heterocycles. The predicted molar refractivity (Wildman–Crippen MR) is 59.5 cm³/mol. The minimum Gasteiger partial charge on any atom is -0.457 e. The summed E-state index contributed by atoms with van der Waals surface area (Å²) in [6.45, 7) is 0. The lowest BCUT2D eigenvalue weighted by atomic mass is 10.3. The summed E-state index contributed by atoms with van der Waals surface area (Å²) in [5.74, 6) is 1.55. The molecule has 0 aliphatic heterocycles. The average molecular weight is 248 g/mol. The number of halogens is 1. The molecule has 0 amide bonds. The van der Waals surface area contributed by atoms with Crippen LogP contribution in [0.25, 0.3) is 0 Å². The Bertz CT molecular complexity index is 394. The molecule has 2 aromatic carbocycles. The molecule has 1 nitrogen and oxygen atoms in total. The molecule has 14 heavy (non-hydrogen) atoms. The molecule has 0 fully saturated rings. The Morgan fingerprint density at radius 1 is 1.00 bits per heavy atom. The van der Waals surface area contributed by atoms with Gasteiger partial charge in [-0.05, 0) is 30.3 Å². The van der Waals surface area contributed by atoms with Crippen LogP contribution in [0.15, 0.2) is 53.0 Å². The number of ether oxygens (including phenoxy) is 1. The second-order valence-corrected chi connectivity index (χ2v) is 3.70. The molecule has 0 saturated heterocycles. The Balaban J connectivity index is 2.16. The molecule has 0 saturated carbocycles. The van der Waals surface area contributed by atoms with E-state index in [9.17, 15) is 0 Å². The Morgan fingerprint density at radius 3 is 2.43 bits per heavy atom. The van der Waals surface area contributed by atoms with Gasteiger partial charge in [0, 0.05) is 10.5 Å². The lowest BCUT2D eigenvalue weighted by Gasteiger charge is -2.04. The van der Waals surface area contributed by atoms with E-state index in [1.165, 1.54) is 0 Å². The van der Waals surface area contributed by atoms with Crippen molar-refractivity contribution in [2.45, 2.75) is 0 Å². The van der Waals surface area contributed by atoms with Crippen LogP contribution in [0.3, 0.4) is 0 Å². The van der Waals surface area contributed by atoms with E-state index in [0.29, 0.717) is 0 Å². The molecular weight excluding hydrogens is 240 g/mol. The van der Waals surface area contributed by atoms with Gasteiger partial charge in [-0.3, -0.25) is 0 Å². The monoisotopic (exact) mass is 247 g/mol. The van der Waals surface area contributed by atoms with Crippen LogP contribution in [0, 0.1) is 6.07 Å². The first kappa shape index (κ1) is 9.28. The molecule has 2 heteroatoms. The number of hydrogen-bond donors (Lipinski definition) is 0. The van der Waals surface area contributed by atoms with Gasteiger partial charge in [0.1, 0.15) is 11.5 Å². The Hall–Kier alpha value is -1.28. The first-order valence-electron chi connectivity index (χ1n) is 4.25. The molecule has 0 atom stereocenters. The fourth-order valence-electron chi connectivity index (χ4n) is 1.07. The second kappa shape index (κ2) is 4.29. The third-order valence-electron chi connectivity index (χ3n) is 1.72. The maximum atomic E-state index is 5.56. The summed E-state index contributed by atoms with van der Waals surface area (Å²) in [4.78, 5) is 0. The van der Waals surface area contributed by atoms with E-state index in [1.807, 2.05) is 48.5 Å². The van der Waals surface area contributed by atoms with E-state index in [2.05, 4.69) is 22.0 Å². The minimum atomic E-state index is 0.722. The van der Waals surface area contributed by atoms with Crippen molar-refractivity contribution in [3.63, 3.8) is 0 Å². The number of benzene rings is 2. The highest BCUT2D eigenvalue weighted by molar-refractivity contribution is 9.10. The third kappa shape index (κ3) is 2.36. The third-order valence-corrected chi connectivity index (χ3v) is 2.21. The van der Waals surface area contributed by atoms with Crippen molar-refractivity contribution in [2.24, 2.45) is 0 Å². The van der Waals surface area contributed by atoms with E-state index < -0.39 is 0 Å². The van der Waals surface area contributed by atoms with Gasteiger partial charge in [0.15, 0.2) is 0 Å². The van der Waals surface area contributed by atoms with Crippen molar-refractivity contribution in [2.75, 3.05) is 0 Å². The average Bonchev–Trinajstić information content (AvgIpc) is 2.23. The van der Waals surface area contributed by atoms with Crippen LogP contribution in [0.1, 0.15) is 0 Å². The zero-order valence-electron chi connectivity index (χ0n) is 7.41. The van der Waals surface area contributed by atoms with Crippen LogP contribution in [0.2, 0.25) is 0 Å². The molecular formula is C12H8BrO. The quantitative estimate of drug-likeness (QED) is 0.779. The summed E-state index contributed by atoms with van der Waals surface area (Å²) >= 11 is 3.34. The molecule has 0 N–H and O–H groups in total. The number of para-hydroxylation sites is 1. The van der Waals surface area contributed by atoms with Crippen LogP contribution in [-0.4, -0.2) is 0 Å². The second-order valence-electron chi connectivity index (χ2n) is 2.79. The maximum Gasteiger partial charge on any atom is 0.135 e. The normalized spacial score (nSPS) is 9.79. The van der Waals surface area contributed by atoms with E-state index in [4.69, 9.17) is 4.74 Å². The zero-order valence-corrected chi connectivity index (χ0v) is 8.99. The molecule has 69 valence electrons. The van der Waals surface area contributed by atoms with Gasteiger partial charge < -0.3 is 4.74 Å². The van der Waals surface area contributed by atoms with Gasteiger partial charge >= 0.3 is 0 Å². The van der Waals surface area contributed by atoms with Crippen LogP contribution in [-0.2, 0) is 0 Å². The predicted octanol–water partition coefficient (Wildman–Crippen LogP) is 4.04. The van der Waals surface area contributed by atoms with Crippen molar-refractivity contribution in [3.8, 4) is 11.5 Å². The van der Waals surface area contributed by atoms with Crippen molar-refractivity contribution in [1.29, 1.82) is 0 Å². The largest absolute Gasteiger partial charge is 0.457 e. The molecule has 2 aromatic rings. The van der Waals surface area contributed by atoms with Gasteiger partial charge in [-0.25, -0.2) is 0 Å². The van der Waals surface area contributed by atoms with Gasteiger partial charge in [0.05, 0.1) is 0 Å². The summed E-state index contributed by atoms with van der Waals surface area (Å²) < 4.78 is 6.56. The smallest absolute Gasteiger partial charge is 0.135 e. The van der Waals surface area contributed by atoms with E-state index in [0.717, 1.165) is 16.0 Å². The summed E-state index contributed by atoms with van der Waals surface area (Å²) in [6.07, 6.45) is 0. The summed E-state index contributed by atoms with van der Waals surface area (Å²) in [5, 5.41) is 0. The van der Waals surface area contributed by atoms with Crippen LogP contribution < -0.4 is 4.74 Å². The molecule has 0 aromatic heterocycles. The topological polar surface area (TPSA) is 9.23 Å². The Morgan fingerprint density at radius 2 is 1.79 bits per heavy atom. The molecule has 1 radical (unpaired) electrons. The molecule has 0 unspecified atom stereocenters. The lowest BCUT2D eigenvalue weighted by Crippen LogP contribution is -1.82. The highest BCUT2D eigenvalue weighted by Gasteiger charge is 1.95. The molecule has 0 spiro atoms. The van der Waals surface area contributed by atoms with Crippen molar-refractivity contribution >= 4 is 15.9 Å². The van der Waals surface area contributed by atoms with Crippen LogP contribution >= 0.6 is 15.9 Å². The van der Waals surface area contributed by atoms with Crippen molar-refractivity contribution in [3.05, 3.63) is 59.1 Å². The summed E-state index contributed by atoms with van der Waals surface area (Å²) in [5.41, 5.74) is 0. The van der Waals surface area contributed by atoms with Crippen molar-refractivity contribution in [1.82, 2.24) is 0 Å². The zero-order chi connectivity index (χ0) is 9.80. The summed E-state index contributed by atoms with van der Waals surface area (Å²) in [6, 6.07) is 18.3. The molecule has 2 rings (SSSR count). The number of hydrogen-bond acceptors (Lipinski definition) is 1. The van der Waals surface area contributed by atoms with Gasteiger partial charge in [-0.15, -0.1) is 0 Å². The van der Waals surface area contributed by atoms with Gasteiger partial charge in [0.2, 0.25) is 0 Å². The first-order chi connectivity index (χ1) is 6.84. The van der Waals surface area contributed by atoms with Gasteiger partial charge in [0.25, 0.3) is 0 Å². The first-order valence-corrected chi connectivity index (χ1v) is 5.04. The number of rotatable bonds is 2. The Labute approximate surface area is 91.5 Å². The molecule has 0 aliphatic carbocycles. The van der Waals surface area contributed by atoms with E-state index in [1.54, 1.807) is 0 Å². The van der Waals surface area contributed by atoms with Gasteiger partial charge in [-0.1, -0.05) is 34.1 Å². The van der Waals surface area contributed by atoms with E-state index in [-0.39, 0.29) is 0 Å². The molecule has 0 aliphatic rings. The SMILES string of the molecule is Brc1c[c]c(Oc2ccccc2)cc1. The van der Waals surface area contributed by atoms with Crippen LogP contribution in [0.4, 0.5) is 0 Å². The minimum absolute atomic E-state index is 0.722. The maximum absolute atomic E-state index is 5.56. The fourth-order valence-corrected chi connectivity index (χ4v) is 1.32. The highest BCUT2D eigenvalue weighted by atomic mass is 79.9.